The largest absolute Gasteiger partial charge is 0.466 e. The minimum absolute atomic E-state index is 0.203. The normalized spacial score (nSPS) is 22.7. The van der Waals surface area contributed by atoms with Crippen LogP contribution in [0.25, 0.3) is 0 Å². The number of carbonyl (C=O) groups is 1. The SMILES string of the molecule is COC(=O)C1=CC=NC(C)C1. The second-order valence-electron chi connectivity index (χ2n) is 2.53. The van der Waals surface area contributed by atoms with E-state index in [2.05, 4.69) is 9.73 Å². The predicted molar refractivity (Wildman–Crippen MR) is 42.7 cm³/mol. The first-order valence-electron chi connectivity index (χ1n) is 3.54. The first-order valence-corrected chi connectivity index (χ1v) is 3.54. The lowest BCUT2D eigenvalue weighted by atomic mass is 10.1. The molecule has 0 spiro atoms. The molecular formula is C8H11NO2. The molecule has 3 nitrogen and oxygen atoms in total. The number of methoxy groups -OCH3 is 1. The highest BCUT2D eigenvalue weighted by molar-refractivity contribution is 5.94. The summed E-state index contributed by atoms with van der Waals surface area (Å²) in [6, 6.07) is 0.203. The molecule has 0 fully saturated rings. The number of aliphatic imine (C=N–C) groups is 1. The van der Waals surface area contributed by atoms with Crippen LogP contribution in [0.2, 0.25) is 0 Å². The second kappa shape index (κ2) is 3.32. The van der Waals surface area contributed by atoms with Crippen LogP contribution in [0.1, 0.15) is 13.3 Å². The topological polar surface area (TPSA) is 38.7 Å². The number of rotatable bonds is 1. The van der Waals surface area contributed by atoms with Crippen molar-refractivity contribution in [2.75, 3.05) is 7.11 Å². The average molecular weight is 153 g/mol. The summed E-state index contributed by atoms with van der Waals surface area (Å²) >= 11 is 0. The second-order valence-corrected chi connectivity index (χ2v) is 2.53. The molecule has 1 heterocycles. The summed E-state index contributed by atoms with van der Waals surface area (Å²) in [5, 5.41) is 0. The highest BCUT2D eigenvalue weighted by atomic mass is 16.5. The van der Waals surface area contributed by atoms with Crippen LogP contribution in [0.15, 0.2) is 16.6 Å². The first-order chi connectivity index (χ1) is 5.24. The van der Waals surface area contributed by atoms with E-state index in [1.165, 1.54) is 7.11 Å². The third-order valence-electron chi connectivity index (χ3n) is 1.58. The van der Waals surface area contributed by atoms with Crippen molar-refractivity contribution in [2.24, 2.45) is 4.99 Å². The number of carbonyl (C=O) groups excluding carboxylic acids is 1. The summed E-state index contributed by atoms with van der Waals surface area (Å²) < 4.78 is 4.57. The Bertz CT molecular complexity index is 218. The van der Waals surface area contributed by atoms with E-state index in [0.717, 1.165) is 0 Å². The Kier molecular flexibility index (Phi) is 2.41. The first kappa shape index (κ1) is 7.98. The molecule has 1 atom stereocenters. The van der Waals surface area contributed by atoms with Crippen molar-refractivity contribution in [3.63, 3.8) is 0 Å². The van der Waals surface area contributed by atoms with Gasteiger partial charge in [0, 0.05) is 18.2 Å². The minimum atomic E-state index is -0.247. The molecule has 1 aliphatic heterocycles. The predicted octanol–water partition coefficient (Wildman–Crippen LogP) is 0.949. The Morgan fingerprint density at radius 3 is 3.09 bits per heavy atom. The fraction of sp³-hybridized carbons (Fsp3) is 0.500. The van der Waals surface area contributed by atoms with Crippen LogP contribution in [0.5, 0.6) is 0 Å². The van der Waals surface area contributed by atoms with Gasteiger partial charge in [0.2, 0.25) is 0 Å². The smallest absolute Gasteiger partial charge is 0.333 e. The number of dihydropyridines is 1. The Hall–Kier alpha value is -1.12. The van der Waals surface area contributed by atoms with Crippen molar-refractivity contribution >= 4 is 12.2 Å². The van der Waals surface area contributed by atoms with Gasteiger partial charge in [-0.2, -0.15) is 0 Å². The molecule has 0 aliphatic carbocycles. The van der Waals surface area contributed by atoms with E-state index in [9.17, 15) is 4.79 Å². The quantitative estimate of drug-likeness (QED) is 0.526. The summed E-state index contributed by atoms with van der Waals surface area (Å²) in [6.07, 6.45) is 4.04. The molecule has 0 saturated heterocycles. The third kappa shape index (κ3) is 1.90. The van der Waals surface area contributed by atoms with Crippen LogP contribution in [-0.2, 0) is 9.53 Å². The van der Waals surface area contributed by atoms with Gasteiger partial charge in [-0.15, -0.1) is 0 Å². The fourth-order valence-corrected chi connectivity index (χ4v) is 1.00. The maximum Gasteiger partial charge on any atom is 0.333 e. The van der Waals surface area contributed by atoms with Gasteiger partial charge in [0.1, 0.15) is 0 Å². The van der Waals surface area contributed by atoms with E-state index in [-0.39, 0.29) is 12.0 Å². The van der Waals surface area contributed by atoms with Crippen molar-refractivity contribution < 1.29 is 9.53 Å². The molecule has 60 valence electrons. The average Bonchev–Trinajstić information content (AvgIpc) is 2.03. The molecule has 0 aromatic rings. The Morgan fingerprint density at radius 2 is 2.55 bits per heavy atom. The molecule has 0 radical (unpaired) electrons. The molecule has 0 amide bonds. The molecule has 1 unspecified atom stereocenters. The van der Waals surface area contributed by atoms with Crippen LogP contribution in [0.3, 0.4) is 0 Å². The molecule has 0 N–H and O–H groups in total. The zero-order chi connectivity index (χ0) is 8.27. The van der Waals surface area contributed by atoms with E-state index >= 15 is 0 Å². The van der Waals surface area contributed by atoms with Gasteiger partial charge in [-0.1, -0.05) is 0 Å². The van der Waals surface area contributed by atoms with Crippen molar-refractivity contribution in [1.29, 1.82) is 0 Å². The summed E-state index contributed by atoms with van der Waals surface area (Å²) in [5.41, 5.74) is 0.704. The van der Waals surface area contributed by atoms with Crippen molar-refractivity contribution in [3.05, 3.63) is 11.6 Å². The summed E-state index contributed by atoms with van der Waals surface area (Å²) in [6.45, 7) is 1.96. The van der Waals surface area contributed by atoms with Crippen LogP contribution in [0.4, 0.5) is 0 Å². The zero-order valence-corrected chi connectivity index (χ0v) is 6.70. The van der Waals surface area contributed by atoms with Crippen LogP contribution < -0.4 is 0 Å². The molecular weight excluding hydrogens is 142 g/mol. The minimum Gasteiger partial charge on any atom is -0.466 e. The molecule has 3 heteroatoms. The number of esters is 1. The van der Waals surface area contributed by atoms with Gasteiger partial charge < -0.3 is 4.74 Å². The highest BCUT2D eigenvalue weighted by Gasteiger charge is 2.14. The number of hydrogen-bond acceptors (Lipinski definition) is 3. The Morgan fingerprint density at radius 1 is 1.82 bits per heavy atom. The number of allylic oxidation sites excluding steroid dienone is 1. The van der Waals surface area contributed by atoms with Crippen molar-refractivity contribution in [1.82, 2.24) is 0 Å². The van der Waals surface area contributed by atoms with E-state index in [1.54, 1.807) is 12.3 Å². The zero-order valence-electron chi connectivity index (χ0n) is 6.70. The lowest BCUT2D eigenvalue weighted by Crippen LogP contribution is -2.13. The highest BCUT2D eigenvalue weighted by Crippen LogP contribution is 2.12. The van der Waals surface area contributed by atoms with E-state index in [4.69, 9.17) is 0 Å². The monoisotopic (exact) mass is 153 g/mol. The molecule has 11 heavy (non-hydrogen) atoms. The molecule has 0 bridgehead atoms. The van der Waals surface area contributed by atoms with Gasteiger partial charge in [0.05, 0.1) is 13.2 Å². The van der Waals surface area contributed by atoms with Crippen molar-refractivity contribution in [3.8, 4) is 0 Å². The third-order valence-corrected chi connectivity index (χ3v) is 1.58. The van der Waals surface area contributed by atoms with E-state index in [1.807, 2.05) is 6.92 Å². The number of hydrogen-bond donors (Lipinski definition) is 0. The molecule has 1 aliphatic rings. The van der Waals surface area contributed by atoms with E-state index < -0.39 is 0 Å². The van der Waals surface area contributed by atoms with E-state index in [0.29, 0.717) is 12.0 Å². The molecule has 1 rings (SSSR count). The molecule has 0 aromatic heterocycles. The lowest BCUT2D eigenvalue weighted by Gasteiger charge is -2.11. The summed E-state index contributed by atoms with van der Waals surface area (Å²) in [5.74, 6) is -0.247. The maximum atomic E-state index is 11.0. The van der Waals surface area contributed by atoms with Gasteiger partial charge >= 0.3 is 5.97 Å². The van der Waals surface area contributed by atoms with Gasteiger partial charge in [-0.25, -0.2) is 4.79 Å². The standard InChI is InChI=1S/C8H11NO2/c1-6-5-7(3-4-9-6)8(10)11-2/h3-4,6H,5H2,1-2H3. The molecule has 0 saturated carbocycles. The maximum absolute atomic E-state index is 11.0. The summed E-state index contributed by atoms with van der Waals surface area (Å²) in [4.78, 5) is 15.0. The number of ether oxygens (including phenoxy) is 1. The Labute approximate surface area is 65.8 Å². The lowest BCUT2D eigenvalue weighted by molar-refractivity contribution is -0.136. The molecule has 0 aromatic carbocycles. The van der Waals surface area contributed by atoms with Crippen LogP contribution >= 0.6 is 0 Å². The summed E-state index contributed by atoms with van der Waals surface area (Å²) in [7, 11) is 1.39. The van der Waals surface area contributed by atoms with Crippen LogP contribution in [0, 0.1) is 0 Å². The fourth-order valence-electron chi connectivity index (χ4n) is 1.00. The number of nitrogens with zero attached hydrogens (tertiary/aromatic N) is 1. The van der Waals surface area contributed by atoms with Gasteiger partial charge in [0.15, 0.2) is 0 Å². The Balaban J connectivity index is 2.66. The van der Waals surface area contributed by atoms with Crippen LogP contribution in [-0.4, -0.2) is 25.3 Å². The van der Waals surface area contributed by atoms with Gasteiger partial charge in [-0.3, -0.25) is 4.99 Å². The van der Waals surface area contributed by atoms with Crippen molar-refractivity contribution in [2.45, 2.75) is 19.4 Å². The van der Waals surface area contributed by atoms with Gasteiger partial charge in [0.25, 0.3) is 0 Å². The van der Waals surface area contributed by atoms with Gasteiger partial charge in [-0.05, 0) is 13.0 Å².